The lowest BCUT2D eigenvalue weighted by molar-refractivity contribution is 0.0601. The summed E-state index contributed by atoms with van der Waals surface area (Å²) in [7, 11) is 1.42. The highest BCUT2D eigenvalue weighted by atomic mass is 16.5. The van der Waals surface area contributed by atoms with E-state index in [4.69, 9.17) is 4.74 Å². The number of benzene rings is 2. The summed E-state index contributed by atoms with van der Waals surface area (Å²) in [5, 5.41) is 11.7. The summed E-state index contributed by atoms with van der Waals surface area (Å²) in [5.41, 5.74) is 6.42. The minimum atomic E-state index is -0.409. The van der Waals surface area contributed by atoms with Gasteiger partial charge in [-0.25, -0.2) is 4.79 Å². The van der Waals surface area contributed by atoms with Crippen LogP contribution < -0.4 is 0 Å². The van der Waals surface area contributed by atoms with Crippen LogP contribution in [0, 0.1) is 6.92 Å². The number of hydrogen-bond donors (Lipinski definition) is 1. The minimum absolute atomic E-state index is 0.0143. The molecule has 0 aromatic heterocycles. The number of ether oxygens (including phenoxy) is 1. The van der Waals surface area contributed by atoms with Crippen LogP contribution in [0.5, 0.6) is 5.75 Å². The molecular formula is C31H46O3. The summed E-state index contributed by atoms with van der Waals surface area (Å²) in [6, 6.07) is 6.35. The first-order valence-corrected chi connectivity index (χ1v) is 12.3. The van der Waals surface area contributed by atoms with Gasteiger partial charge >= 0.3 is 5.97 Å². The number of hydrogen-bond acceptors (Lipinski definition) is 3. The molecule has 0 amide bonds. The molecule has 0 fully saturated rings. The summed E-state index contributed by atoms with van der Waals surface area (Å²) < 4.78 is 5.30. The quantitative estimate of drug-likeness (QED) is 0.452. The molecule has 0 unspecified atom stereocenters. The van der Waals surface area contributed by atoms with Gasteiger partial charge in [0.2, 0.25) is 0 Å². The molecule has 34 heavy (non-hydrogen) atoms. The predicted molar refractivity (Wildman–Crippen MR) is 144 cm³/mol. The molecule has 0 atom stereocenters. The van der Waals surface area contributed by atoms with Crippen molar-refractivity contribution in [2.24, 2.45) is 0 Å². The summed E-state index contributed by atoms with van der Waals surface area (Å²) in [5.74, 6) is -0.119. The SMILES string of the molecule is COC(=O)c1cc(C(C)(C)C)c(O)c(C(C)(C)C)c1-c1c(C)cc(C(C)(C)C)cc1C(C)(C)C. The summed E-state index contributed by atoms with van der Waals surface area (Å²) in [6.45, 7) is 27.8. The molecule has 0 bridgehead atoms. The number of aryl methyl sites for hydroxylation is 1. The van der Waals surface area contributed by atoms with E-state index in [1.807, 2.05) is 6.07 Å². The molecule has 2 aromatic rings. The van der Waals surface area contributed by atoms with Gasteiger partial charge in [-0.2, -0.15) is 0 Å². The Kier molecular flexibility index (Phi) is 7.18. The third kappa shape index (κ3) is 5.34. The number of rotatable bonds is 2. The van der Waals surface area contributed by atoms with E-state index in [0.717, 1.165) is 33.4 Å². The van der Waals surface area contributed by atoms with E-state index >= 15 is 0 Å². The molecule has 0 heterocycles. The Bertz CT molecular complexity index is 1090. The van der Waals surface area contributed by atoms with Crippen molar-refractivity contribution in [2.45, 2.75) is 112 Å². The zero-order chi connectivity index (χ0) is 26.6. The van der Waals surface area contributed by atoms with Gasteiger partial charge in [0.05, 0.1) is 12.7 Å². The fourth-order valence-corrected chi connectivity index (χ4v) is 4.65. The first-order valence-electron chi connectivity index (χ1n) is 12.3. The van der Waals surface area contributed by atoms with Crippen LogP contribution in [0.4, 0.5) is 0 Å². The Morgan fingerprint density at radius 2 is 1.21 bits per heavy atom. The number of phenolic OH excluding ortho intramolecular Hbond substituents is 1. The topological polar surface area (TPSA) is 46.5 Å². The maximum atomic E-state index is 13.3. The average molecular weight is 467 g/mol. The molecule has 0 radical (unpaired) electrons. The smallest absolute Gasteiger partial charge is 0.338 e. The third-order valence-electron chi connectivity index (χ3n) is 6.52. The van der Waals surface area contributed by atoms with Crippen LogP contribution in [0.1, 0.15) is 121 Å². The van der Waals surface area contributed by atoms with Crippen molar-refractivity contribution in [1.82, 2.24) is 0 Å². The van der Waals surface area contributed by atoms with E-state index in [9.17, 15) is 9.90 Å². The highest BCUT2D eigenvalue weighted by Gasteiger charge is 2.36. The Morgan fingerprint density at radius 3 is 1.59 bits per heavy atom. The summed E-state index contributed by atoms with van der Waals surface area (Å²) in [6.07, 6.45) is 0. The van der Waals surface area contributed by atoms with Crippen molar-refractivity contribution in [2.75, 3.05) is 7.11 Å². The molecule has 0 spiro atoms. The van der Waals surface area contributed by atoms with E-state index in [0.29, 0.717) is 5.56 Å². The Hall–Kier alpha value is -2.29. The van der Waals surface area contributed by atoms with E-state index in [1.54, 1.807) is 0 Å². The van der Waals surface area contributed by atoms with Crippen molar-refractivity contribution in [3.8, 4) is 16.9 Å². The van der Waals surface area contributed by atoms with Gasteiger partial charge in [-0.05, 0) is 56.9 Å². The van der Waals surface area contributed by atoms with Crippen LogP contribution in [-0.2, 0) is 26.4 Å². The molecule has 2 aromatic carbocycles. The third-order valence-corrected chi connectivity index (χ3v) is 6.52. The van der Waals surface area contributed by atoms with Gasteiger partial charge in [0.25, 0.3) is 0 Å². The molecule has 1 N–H and O–H groups in total. The largest absolute Gasteiger partial charge is 0.507 e. The zero-order valence-corrected chi connectivity index (χ0v) is 24.0. The Morgan fingerprint density at radius 1 is 0.706 bits per heavy atom. The number of carbonyl (C=O) groups excluding carboxylic acids is 1. The first kappa shape index (κ1) is 28.0. The second-order valence-electron chi connectivity index (χ2n) is 13.8. The highest BCUT2D eigenvalue weighted by molar-refractivity contribution is 6.01. The number of phenols is 1. The van der Waals surface area contributed by atoms with Crippen LogP contribution in [-0.4, -0.2) is 18.2 Å². The number of methoxy groups -OCH3 is 1. The van der Waals surface area contributed by atoms with E-state index < -0.39 is 5.41 Å². The maximum Gasteiger partial charge on any atom is 0.338 e. The Labute approximate surface area is 207 Å². The van der Waals surface area contributed by atoms with Crippen molar-refractivity contribution in [1.29, 1.82) is 0 Å². The van der Waals surface area contributed by atoms with Crippen molar-refractivity contribution in [3.63, 3.8) is 0 Å². The van der Waals surface area contributed by atoms with Gasteiger partial charge in [0.15, 0.2) is 0 Å². The highest BCUT2D eigenvalue weighted by Crippen LogP contribution is 2.50. The normalized spacial score (nSPS) is 13.2. The van der Waals surface area contributed by atoms with Gasteiger partial charge < -0.3 is 9.84 Å². The number of aromatic hydroxyl groups is 1. The zero-order valence-electron chi connectivity index (χ0n) is 24.0. The first-order chi connectivity index (χ1) is 15.1. The number of esters is 1. The fourth-order valence-electron chi connectivity index (χ4n) is 4.65. The van der Waals surface area contributed by atoms with Crippen molar-refractivity contribution >= 4 is 5.97 Å². The molecule has 0 aliphatic heterocycles. The molecule has 0 aliphatic rings. The van der Waals surface area contributed by atoms with Crippen molar-refractivity contribution in [3.05, 3.63) is 51.6 Å². The lowest BCUT2D eigenvalue weighted by Crippen LogP contribution is -2.23. The summed E-state index contributed by atoms with van der Waals surface area (Å²) in [4.78, 5) is 13.3. The van der Waals surface area contributed by atoms with Crippen LogP contribution in [0.15, 0.2) is 18.2 Å². The second-order valence-corrected chi connectivity index (χ2v) is 13.8. The lowest BCUT2D eigenvalue weighted by Gasteiger charge is -2.34. The standard InChI is InChI=1S/C31H46O3/c1-18-15-19(28(2,3)4)16-21(29(5,6)7)23(18)24-20(27(33)34-14)17-22(30(8,9)10)26(32)25(24)31(11,12)13/h15-17,32H,1-14H3. The molecule has 3 heteroatoms. The van der Waals surface area contributed by atoms with Gasteiger partial charge in [0.1, 0.15) is 5.75 Å². The van der Waals surface area contributed by atoms with Gasteiger partial charge in [-0.1, -0.05) is 95.2 Å². The number of carbonyl (C=O) groups is 1. The molecule has 2 rings (SSSR count). The van der Waals surface area contributed by atoms with E-state index in [1.165, 1.54) is 12.7 Å². The monoisotopic (exact) mass is 466 g/mol. The van der Waals surface area contributed by atoms with Crippen LogP contribution in [0.3, 0.4) is 0 Å². The van der Waals surface area contributed by atoms with E-state index in [2.05, 4.69) is 102 Å². The van der Waals surface area contributed by atoms with Crippen molar-refractivity contribution < 1.29 is 14.6 Å². The van der Waals surface area contributed by atoms with Crippen LogP contribution in [0.25, 0.3) is 11.1 Å². The minimum Gasteiger partial charge on any atom is -0.507 e. The summed E-state index contributed by atoms with van der Waals surface area (Å²) >= 11 is 0. The average Bonchev–Trinajstić information content (AvgIpc) is 2.62. The van der Waals surface area contributed by atoms with Crippen LogP contribution >= 0.6 is 0 Å². The second kappa shape index (κ2) is 8.73. The fraction of sp³-hybridized carbons (Fsp3) is 0.581. The van der Waals surface area contributed by atoms with Gasteiger partial charge in [-0.3, -0.25) is 0 Å². The van der Waals surface area contributed by atoms with Gasteiger partial charge in [-0.15, -0.1) is 0 Å². The maximum absolute atomic E-state index is 13.3. The molecular weight excluding hydrogens is 420 g/mol. The molecule has 0 aliphatic carbocycles. The molecule has 0 saturated carbocycles. The molecule has 3 nitrogen and oxygen atoms in total. The van der Waals surface area contributed by atoms with Crippen LogP contribution in [0.2, 0.25) is 0 Å². The van der Waals surface area contributed by atoms with E-state index in [-0.39, 0.29) is 28.0 Å². The Balaban J connectivity index is 3.28. The van der Waals surface area contributed by atoms with Gasteiger partial charge in [0, 0.05) is 16.7 Å². The molecule has 188 valence electrons. The lowest BCUT2D eigenvalue weighted by atomic mass is 9.70. The molecule has 0 saturated heterocycles. The predicted octanol–water partition coefficient (Wildman–Crippen LogP) is 8.34.